The zero-order valence-electron chi connectivity index (χ0n) is 11.1. The molecule has 0 spiro atoms. The van der Waals surface area contributed by atoms with Gasteiger partial charge in [-0.3, -0.25) is 4.79 Å². The fraction of sp³-hybridized carbons (Fsp3) is 0.286. The number of carboxylic acid groups (broad SMARTS) is 1. The number of hydrogen-bond donors (Lipinski definition) is 2. The van der Waals surface area contributed by atoms with E-state index in [1.165, 1.54) is 6.08 Å². The van der Waals surface area contributed by atoms with Gasteiger partial charge in [0.1, 0.15) is 11.8 Å². The van der Waals surface area contributed by atoms with Crippen LogP contribution in [-0.2, 0) is 9.59 Å². The number of ether oxygens (including phenoxy) is 1. The molecule has 1 aromatic rings. The second-order valence-electron chi connectivity index (χ2n) is 4.21. The normalized spacial score (nSPS) is 11.5. The molecule has 0 aliphatic rings. The van der Waals surface area contributed by atoms with Gasteiger partial charge in [-0.1, -0.05) is 12.1 Å². The summed E-state index contributed by atoms with van der Waals surface area (Å²) in [6.45, 7) is 5.14. The zero-order chi connectivity index (χ0) is 15.1. The Hall–Kier alpha value is -1.82. The highest BCUT2D eigenvalue weighted by atomic mass is 79.9. The van der Waals surface area contributed by atoms with Crippen molar-refractivity contribution in [1.82, 2.24) is 5.32 Å². The molecule has 0 radical (unpaired) electrons. The van der Waals surface area contributed by atoms with E-state index >= 15 is 0 Å². The highest BCUT2D eigenvalue weighted by Gasteiger charge is 2.18. The molecule has 1 atom stereocenters. The van der Waals surface area contributed by atoms with Crippen LogP contribution < -0.4 is 10.1 Å². The summed E-state index contributed by atoms with van der Waals surface area (Å²) in [5.41, 5.74) is 1.06. The number of hydrogen-bond acceptors (Lipinski definition) is 3. The highest BCUT2D eigenvalue weighted by molar-refractivity contribution is 9.10. The number of nitrogens with one attached hydrogen (secondary N) is 1. The number of carbonyl (C=O) groups is 2. The van der Waals surface area contributed by atoms with E-state index in [0.29, 0.717) is 5.75 Å². The summed E-state index contributed by atoms with van der Waals surface area (Å²) >= 11 is 3.33. The second kappa shape index (κ2) is 7.69. The summed E-state index contributed by atoms with van der Waals surface area (Å²) in [4.78, 5) is 22.5. The molecule has 1 amide bonds. The molecule has 0 fully saturated rings. The Kier molecular flexibility index (Phi) is 6.24. The monoisotopic (exact) mass is 341 g/mol. The standard InChI is InChI=1S/C14H16BrNO4/c1-3-4-11(14(18)19)16-13(17)8-20-12-6-5-9(2)7-10(12)15/h3,5-7,11H,1,4,8H2,2H3,(H,16,17)(H,18,19). The molecule has 0 aliphatic heterocycles. The van der Waals surface area contributed by atoms with Gasteiger partial charge >= 0.3 is 5.97 Å². The van der Waals surface area contributed by atoms with E-state index in [4.69, 9.17) is 9.84 Å². The summed E-state index contributed by atoms with van der Waals surface area (Å²) < 4.78 is 6.08. The topological polar surface area (TPSA) is 75.6 Å². The lowest BCUT2D eigenvalue weighted by Crippen LogP contribution is -2.42. The van der Waals surface area contributed by atoms with Gasteiger partial charge in [0.25, 0.3) is 5.91 Å². The SMILES string of the molecule is C=CCC(NC(=O)COc1ccc(C)cc1Br)C(=O)O. The van der Waals surface area contributed by atoms with Crippen LogP contribution in [0.15, 0.2) is 35.3 Å². The average Bonchev–Trinajstić information content (AvgIpc) is 2.37. The lowest BCUT2D eigenvalue weighted by atomic mass is 10.2. The molecule has 1 rings (SSSR count). The second-order valence-corrected chi connectivity index (χ2v) is 5.06. The summed E-state index contributed by atoms with van der Waals surface area (Å²) in [5, 5.41) is 11.3. The lowest BCUT2D eigenvalue weighted by Gasteiger charge is -2.13. The van der Waals surface area contributed by atoms with Crippen molar-refractivity contribution in [3.05, 3.63) is 40.9 Å². The Bertz CT molecular complexity index is 516. The molecule has 0 saturated carbocycles. The van der Waals surface area contributed by atoms with E-state index in [2.05, 4.69) is 27.8 Å². The number of aryl methyl sites for hydroxylation is 1. The van der Waals surface area contributed by atoms with Crippen LogP contribution in [0.4, 0.5) is 0 Å². The van der Waals surface area contributed by atoms with Crippen molar-refractivity contribution in [2.75, 3.05) is 6.61 Å². The molecule has 108 valence electrons. The van der Waals surface area contributed by atoms with Crippen LogP contribution in [0.2, 0.25) is 0 Å². The number of carbonyl (C=O) groups excluding carboxylic acids is 1. The molecule has 1 unspecified atom stereocenters. The van der Waals surface area contributed by atoms with E-state index in [9.17, 15) is 9.59 Å². The summed E-state index contributed by atoms with van der Waals surface area (Å²) in [5.74, 6) is -1.07. The average molecular weight is 342 g/mol. The van der Waals surface area contributed by atoms with E-state index in [-0.39, 0.29) is 13.0 Å². The van der Waals surface area contributed by atoms with Crippen molar-refractivity contribution in [3.63, 3.8) is 0 Å². The van der Waals surface area contributed by atoms with Crippen molar-refractivity contribution < 1.29 is 19.4 Å². The summed E-state index contributed by atoms with van der Waals surface area (Å²) in [6.07, 6.45) is 1.60. The van der Waals surface area contributed by atoms with Crippen LogP contribution in [-0.4, -0.2) is 29.6 Å². The van der Waals surface area contributed by atoms with Crippen LogP contribution in [0.3, 0.4) is 0 Å². The predicted molar refractivity (Wildman–Crippen MR) is 78.8 cm³/mol. The van der Waals surface area contributed by atoms with Gasteiger partial charge in [-0.05, 0) is 47.0 Å². The maximum atomic E-state index is 11.6. The van der Waals surface area contributed by atoms with Crippen molar-refractivity contribution in [2.24, 2.45) is 0 Å². The molecule has 2 N–H and O–H groups in total. The van der Waals surface area contributed by atoms with Crippen molar-refractivity contribution >= 4 is 27.8 Å². The first kappa shape index (κ1) is 16.2. The molecule has 6 heteroatoms. The molecule has 5 nitrogen and oxygen atoms in total. The molecule has 0 bridgehead atoms. The summed E-state index contributed by atoms with van der Waals surface area (Å²) in [6, 6.07) is 4.48. The number of rotatable bonds is 7. The van der Waals surface area contributed by atoms with Crippen LogP contribution in [0.5, 0.6) is 5.75 Å². The van der Waals surface area contributed by atoms with Crippen LogP contribution in [0.1, 0.15) is 12.0 Å². The fourth-order valence-corrected chi connectivity index (χ4v) is 2.10. The highest BCUT2D eigenvalue weighted by Crippen LogP contribution is 2.25. The van der Waals surface area contributed by atoms with Gasteiger partial charge in [-0.25, -0.2) is 4.79 Å². The minimum Gasteiger partial charge on any atom is -0.483 e. The first-order valence-corrected chi connectivity index (χ1v) is 6.75. The fourth-order valence-electron chi connectivity index (χ4n) is 1.49. The first-order chi connectivity index (χ1) is 9.43. The third kappa shape index (κ3) is 5.05. The Morgan fingerprint density at radius 1 is 1.55 bits per heavy atom. The predicted octanol–water partition coefficient (Wildman–Crippen LogP) is 2.28. The molecule has 20 heavy (non-hydrogen) atoms. The molecular weight excluding hydrogens is 326 g/mol. The van der Waals surface area contributed by atoms with Crippen molar-refractivity contribution in [2.45, 2.75) is 19.4 Å². The number of aliphatic carboxylic acids is 1. The lowest BCUT2D eigenvalue weighted by molar-refractivity contribution is -0.142. The van der Waals surface area contributed by atoms with Gasteiger partial charge in [0, 0.05) is 0 Å². The number of carboxylic acids is 1. The Balaban J connectivity index is 2.54. The van der Waals surface area contributed by atoms with Gasteiger partial charge in [0.15, 0.2) is 6.61 Å². The number of amides is 1. The maximum absolute atomic E-state index is 11.6. The Morgan fingerprint density at radius 2 is 2.25 bits per heavy atom. The first-order valence-electron chi connectivity index (χ1n) is 5.96. The largest absolute Gasteiger partial charge is 0.483 e. The van der Waals surface area contributed by atoms with E-state index < -0.39 is 17.9 Å². The van der Waals surface area contributed by atoms with E-state index in [1.54, 1.807) is 6.07 Å². The quantitative estimate of drug-likeness (QED) is 0.746. The minimum absolute atomic E-state index is 0.162. The van der Waals surface area contributed by atoms with Crippen molar-refractivity contribution in [1.29, 1.82) is 0 Å². The Morgan fingerprint density at radius 3 is 2.80 bits per heavy atom. The van der Waals surface area contributed by atoms with Crippen LogP contribution >= 0.6 is 15.9 Å². The molecule has 0 heterocycles. The molecule has 0 saturated heterocycles. The van der Waals surface area contributed by atoms with Gasteiger partial charge in [0.2, 0.25) is 0 Å². The van der Waals surface area contributed by atoms with Crippen LogP contribution in [0, 0.1) is 6.92 Å². The third-order valence-corrected chi connectivity index (χ3v) is 3.10. The zero-order valence-corrected chi connectivity index (χ0v) is 12.6. The van der Waals surface area contributed by atoms with E-state index in [0.717, 1.165) is 10.0 Å². The smallest absolute Gasteiger partial charge is 0.326 e. The third-order valence-electron chi connectivity index (χ3n) is 2.48. The molecule has 0 aliphatic carbocycles. The van der Waals surface area contributed by atoms with Gasteiger partial charge in [0.05, 0.1) is 4.47 Å². The summed E-state index contributed by atoms with van der Waals surface area (Å²) in [7, 11) is 0. The van der Waals surface area contributed by atoms with E-state index in [1.807, 2.05) is 19.1 Å². The number of benzene rings is 1. The van der Waals surface area contributed by atoms with Crippen LogP contribution in [0.25, 0.3) is 0 Å². The molecule has 1 aromatic carbocycles. The Labute approximate surface area is 125 Å². The van der Waals surface area contributed by atoms with Gasteiger partial charge in [-0.2, -0.15) is 0 Å². The van der Waals surface area contributed by atoms with Gasteiger partial charge in [-0.15, -0.1) is 6.58 Å². The molecule has 0 aromatic heterocycles. The molecular formula is C14H16BrNO4. The number of halogens is 1. The van der Waals surface area contributed by atoms with Gasteiger partial charge < -0.3 is 15.2 Å². The maximum Gasteiger partial charge on any atom is 0.326 e. The minimum atomic E-state index is -1.10. The van der Waals surface area contributed by atoms with Crippen molar-refractivity contribution in [3.8, 4) is 5.75 Å².